The second-order valence-electron chi connectivity index (χ2n) is 5.96. The van der Waals surface area contributed by atoms with Crippen molar-refractivity contribution < 1.29 is 4.79 Å². The number of amides is 2. The van der Waals surface area contributed by atoms with Gasteiger partial charge in [-0.05, 0) is 29.4 Å². The van der Waals surface area contributed by atoms with Crippen molar-refractivity contribution in [3.8, 4) is 0 Å². The summed E-state index contributed by atoms with van der Waals surface area (Å²) in [5.41, 5.74) is 1.34. The first-order valence-electron chi connectivity index (χ1n) is 7.68. The van der Waals surface area contributed by atoms with Crippen LogP contribution in [-0.2, 0) is 6.54 Å². The highest BCUT2D eigenvalue weighted by Crippen LogP contribution is 2.23. The molecule has 2 N–H and O–H groups in total. The zero-order valence-corrected chi connectivity index (χ0v) is 13.1. The quantitative estimate of drug-likeness (QED) is 0.873. The number of benzene rings is 1. The highest BCUT2D eigenvalue weighted by atomic mass is 32.2. The normalized spacial score (nSPS) is 22.8. The van der Waals surface area contributed by atoms with Crippen LogP contribution in [0.5, 0.6) is 0 Å². The maximum atomic E-state index is 11.9. The van der Waals surface area contributed by atoms with E-state index < -0.39 is 0 Å². The molecule has 2 aliphatic heterocycles. The maximum Gasteiger partial charge on any atom is 0.315 e. The molecular formula is C16H23N3OS. The van der Waals surface area contributed by atoms with Crippen LogP contribution >= 0.6 is 11.8 Å². The van der Waals surface area contributed by atoms with Gasteiger partial charge in [-0.15, -0.1) is 0 Å². The lowest BCUT2D eigenvalue weighted by Crippen LogP contribution is -2.46. The van der Waals surface area contributed by atoms with Gasteiger partial charge in [0.2, 0.25) is 0 Å². The Morgan fingerprint density at radius 2 is 2.10 bits per heavy atom. The molecule has 114 valence electrons. The number of nitrogens with one attached hydrogen (secondary N) is 2. The second-order valence-corrected chi connectivity index (χ2v) is 7.04. The average molecular weight is 305 g/mol. The van der Waals surface area contributed by atoms with Crippen molar-refractivity contribution in [1.82, 2.24) is 15.5 Å². The summed E-state index contributed by atoms with van der Waals surface area (Å²) < 4.78 is 0. The van der Waals surface area contributed by atoms with Gasteiger partial charge in [0.25, 0.3) is 0 Å². The molecule has 2 heterocycles. The Labute approximate surface area is 130 Å². The average Bonchev–Trinajstić information content (AvgIpc) is 2.85. The number of hydrogen-bond donors (Lipinski definition) is 2. The Hall–Kier alpha value is -1.20. The summed E-state index contributed by atoms with van der Waals surface area (Å²) >= 11 is 1.95. The Morgan fingerprint density at radius 3 is 2.81 bits per heavy atom. The van der Waals surface area contributed by atoms with E-state index in [9.17, 15) is 4.79 Å². The predicted molar refractivity (Wildman–Crippen MR) is 87.5 cm³/mol. The summed E-state index contributed by atoms with van der Waals surface area (Å²) in [5.74, 6) is 3.06. The zero-order valence-electron chi connectivity index (χ0n) is 12.3. The minimum absolute atomic E-state index is 0.00142. The maximum absolute atomic E-state index is 11.9. The van der Waals surface area contributed by atoms with Crippen molar-refractivity contribution in [2.24, 2.45) is 5.92 Å². The Bertz CT molecular complexity index is 464. The van der Waals surface area contributed by atoms with E-state index in [1.165, 1.54) is 17.1 Å². The standard InChI is InChI=1S/C16H23N3OS/c20-16(17-8-14-11-21-12-14)18-15-6-7-19(10-15)9-13-4-2-1-3-5-13/h1-5,14-15H,6-12H2,(H2,17,18,20). The van der Waals surface area contributed by atoms with Crippen LogP contribution in [0.15, 0.2) is 30.3 Å². The topological polar surface area (TPSA) is 44.4 Å². The van der Waals surface area contributed by atoms with Crippen molar-refractivity contribution in [3.05, 3.63) is 35.9 Å². The van der Waals surface area contributed by atoms with E-state index in [4.69, 9.17) is 0 Å². The first-order chi connectivity index (χ1) is 10.3. The summed E-state index contributed by atoms with van der Waals surface area (Å²) in [6.45, 7) is 3.79. The summed E-state index contributed by atoms with van der Waals surface area (Å²) in [4.78, 5) is 14.3. The lowest BCUT2D eigenvalue weighted by atomic mass is 10.2. The summed E-state index contributed by atoms with van der Waals surface area (Å²) in [5, 5.41) is 6.09. The molecule has 0 aromatic heterocycles. The summed E-state index contributed by atoms with van der Waals surface area (Å²) in [6.07, 6.45) is 1.04. The molecule has 0 aliphatic carbocycles. The molecule has 2 aliphatic rings. The van der Waals surface area contributed by atoms with Gasteiger partial charge < -0.3 is 10.6 Å². The van der Waals surface area contributed by atoms with E-state index in [-0.39, 0.29) is 12.1 Å². The fourth-order valence-corrected chi connectivity index (χ4v) is 3.62. The van der Waals surface area contributed by atoms with Crippen molar-refractivity contribution >= 4 is 17.8 Å². The van der Waals surface area contributed by atoms with E-state index in [1.54, 1.807) is 0 Å². The number of likely N-dealkylation sites (tertiary alicyclic amines) is 1. The van der Waals surface area contributed by atoms with Gasteiger partial charge in [-0.2, -0.15) is 11.8 Å². The molecule has 1 aromatic carbocycles. The van der Waals surface area contributed by atoms with Crippen LogP contribution in [0.25, 0.3) is 0 Å². The number of urea groups is 1. The van der Waals surface area contributed by atoms with Gasteiger partial charge in [-0.3, -0.25) is 4.90 Å². The Kier molecular flexibility index (Phi) is 5.04. The van der Waals surface area contributed by atoms with Crippen LogP contribution in [-0.4, -0.2) is 48.1 Å². The lowest BCUT2D eigenvalue weighted by Gasteiger charge is -2.25. The molecular weight excluding hydrogens is 282 g/mol. The number of nitrogens with zero attached hydrogens (tertiary/aromatic N) is 1. The van der Waals surface area contributed by atoms with Crippen molar-refractivity contribution in [1.29, 1.82) is 0 Å². The van der Waals surface area contributed by atoms with Crippen LogP contribution in [0.1, 0.15) is 12.0 Å². The molecule has 1 aromatic rings. The lowest BCUT2D eigenvalue weighted by molar-refractivity contribution is 0.234. The number of carbonyl (C=O) groups is 1. The fraction of sp³-hybridized carbons (Fsp3) is 0.562. The molecule has 21 heavy (non-hydrogen) atoms. The van der Waals surface area contributed by atoms with E-state index >= 15 is 0 Å². The van der Waals surface area contributed by atoms with Gasteiger partial charge in [0.1, 0.15) is 0 Å². The molecule has 1 atom stereocenters. The van der Waals surface area contributed by atoms with Crippen molar-refractivity contribution in [2.75, 3.05) is 31.1 Å². The fourth-order valence-electron chi connectivity index (χ4n) is 2.81. The van der Waals surface area contributed by atoms with E-state index in [1.807, 2.05) is 17.8 Å². The SMILES string of the molecule is O=C(NCC1CSC1)NC1CCN(Cc2ccccc2)C1. The van der Waals surface area contributed by atoms with Gasteiger partial charge in [0.15, 0.2) is 0 Å². The molecule has 0 spiro atoms. The third-order valence-electron chi connectivity index (χ3n) is 4.11. The summed E-state index contributed by atoms with van der Waals surface area (Å²) in [7, 11) is 0. The van der Waals surface area contributed by atoms with Crippen LogP contribution in [0.4, 0.5) is 4.79 Å². The minimum atomic E-state index is -0.00142. The number of hydrogen-bond acceptors (Lipinski definition) is 3. The molecule has 2 fully saturated rings. The molecule has 0 radical (unpaired) electrons. The molecule has 2 amide bonds. The molecule has 3 rings (SSSR count). The minimum Gasteiger partial charge on any atom is -0.338 e. The van der Waals surface area contributed by atoms with Crippen molar-refractivity contribution in [3.63, 3.8) is 0 Å². The van der Waals surface area contributed by atoms with E-state index in [0.29, 0.717) is 5.92 Å². The van der Waals surface area contributed by atoms with E-state index in [0.717, 1.165) is 32.6 Å². The smallest absolute Gasteiger partial charge is 0.315 e. The highest BCUT2D eigenvalue weighted by molar-refractivity contribution is 8.00. The third-order valence-corrected chi connectivity index (χ3v) is 5.53. The monoisotopic (exact) mass is 305 g/mol. The first kappa shape index (κ1) is 14.7. The Morgan fingerprint density at radius 1 is 1.29 bits per heavy atom. The zero-order chi connectivity index (χ0) is 14.5. The van der Waals surface area contributed by atoms with E-state index in [2.05, 4.69) is 39.8 Å². The van der Waals surface area contributed by atoms with Crippen LogP contribution in [0.3, 0.4) is 0 Å². The molecule has 1 unspecified atom stereocenters. The second kappa shape index (κ2) is 7.18. The third kappa shape index (κ3) is 4.38. The highest BCUT2D eigenvalue weighted by Gasteiger charge is 2.24. The summed E-state index contributed by atoms with van der Waals surface area (Å²) in [6, 6.07) is 10.8. The molecule has 5 heteroatoms. The van der Waals surface area contributed by atoms with Crippen LogP contribution in [0.2, 0.25) is 0 Å². The van der Waals surface area contributed by atoms with Gasteiger partial charge in [0, 0.05) is 32.2 Å². The van der Waals surface area contributed by atoms with Crippen LogP contribution in [0, 0.1) is 5.92 Å². The number of rotatable bonds is 5. The van der Waals surface area contributed by atoms with Gasteiger partial charge in [-0.1, -0.05) is 30.3 Å². The molecule has 4 nitrogen and oxygen atoms in total. The Balaban J connectivity index is 1.36. The van der Waals surface area contributed by atoms with Gasteiger partial charge in [0.05, 0.1) is 0 Å². The largest absolute Gasteiger partial charge is 0.338 e. The van der Waals surface area contributed by atoms with Crippen LogP contribution < -0.4 is 10.6 Å². The molecule has 0 saturated carbocycles. The number of thioether (sulfide) groups is 1. The first-order valence-corrected chi connectivity index (χ1v) is 8.83. The van der Waals surface area contributed by atoms with Gasteiger partial charge >= 0.3 is 6.03 Å². The predicted octanol–water partition coefficient (Wildman–Crippen LogP) is 1.92. The van der Waals surface area contributed by atoms with Gasteiger partial charge in [-0.25, -0.2) is 4.79 Å². The van der Waals surface area contributed by atoms with Crippen molar-refractivity contribution in [2.45, 2.75) is 19.0 Å². The number of carbonyl (C=O) groups excluding carboxylic acids is 1. The molecule has 2 saturated heterocycles. The molecule has 0 bridgehead atoms.